The van der Waals surface area contributed by atoms with Crippen molar-refractivity contribution in [1.82, 2.24) is 9.80 Å². The molecule has 1 aliphatic heterocycles. The van der Waals surface area contributed by atoms with Crippen LogP contribution >= 0.6 is 0 Å². The zero-order valence-corrected chi connectivity index (χ0v) is 13.7. The molecule has 0 aromatic rings. The number of aliphatic hydroxyl groups is 1. The van der Waals surface area contributed by atoms with Crippen LogP contribution in [0.4, 0.5) is 4.79 Å². The normalized spacial score (nSPS) is 22.8. The van der Waals surface area contributed by atoms with E-state index < -0.39 is 5.60 Å². The van der Waals surface area contributed by atoms with E-state index in [0.29, 0.717) is 6.61 Å². The fourth-order valence-electron chi connectivity index (χ4n) is 3.04. The number of ether oxygens (including phenoxy) is 1. The molecule has 5 heteroatoms. The van der Waals surface area contributed by atoms with Gasteiger partial charge in [-0.3, -0.25) is 4.90 Å². The second-order valence-corrected chi connectivity index (χ2v) is 7.57. The molecule has 1 aliphatic carbocycles. The van der Waals surface area contributed by atoms with Crippen molar-refractivity contribution in [2.75, 3.05) is 39.3 Å². The Kier molecular flexibility index (Phi) is 5.15. The summed E-state index contributed by atoms with van der Waals surface area (Å²) in [6.07, 6.45) is 4.47. The second kappa shape index (κ2) is 6.53. The Morgan fingerprint density at radius 3 is 2.24 bits per heavy atom. The van der Waals surface area contributed by atoms with Crippen LogP contribution in [0.25, 0.3) is 0 Å². The van der Waals surface area contributed by atoms with Crippen LogP contribution in [0.5, 0.6) is 0 Å². The Morgan fingerprint density at radius 1 is 1.19 bits per heavy atom. The standard InChI is InChI=1S/C16H30N2O3/c1-15(2,3)21-14(20)18-11-9-17(10-12-18)8-7-16(13-19)5-4-6-16/h19H,4-13H2,1-3H3. The third kappa shape index (κ3) is 4.58. The fourth-order valence-corrected chi connectivity index (χ4v) is 3.04. The quantitative estimate of drug-likeness (QED) is 0.863. The summed E-state index contributed by atoms with van der Waals surface area (Å²) in [6.45, 7) is 10.3. The molecule has 122 valence electrons. The number of aliphatic hydroxyl groups excluding tert-OH is 1. The van der Waals surface area contributed by atoms with Gasteiger partial charge < -0.3 is 14.7 Å². The molecule has 0 aromatic carbocycles. The molecule has 1 heterocycles. The molecular formula is C16H30N2O3. The molecule has 0 unspecified atom stereocenters. The highest BCUT2D eigenvalue weighted by Gasteiger charge is 2.36. The van der Waals surface area contributed by atoms with E-state index in [-0.39, 0.29) is 11.5 Å². The van der Waals surface area contributed by atoms with Crippen LogP contribution in [0.15, 0.2) is 0 Å². The number of rotatable bonds is 4. The number of nitrogens with zero attached hydrogens (tertiary/aromatic N) is 2. The van der Waals surface area contributed by atoms with Crippen LogP contribution in [0.1, 0.15) is 46.5 Å². The van der Waals surface area contributed by atoms with Gasteiger partial charge in [-0.05, 0) is 52.0 Å². The molecule has 0 bridgehead atoms. The lowest BCUT2D eigenvalue weighted by molar-refractivity contribution is 0.00494. The maximum Gasteiger partial charge on any atom is 0.410 e. The summed E-state index contributed by atoms with van der Waals surface area (Å²) < 4.78 is 5.41. The summed E-state index contributed by atoms with van der Waals surface area (Å²) in [7, 11) is 0. The number of hydrogen-bond donors (Lipinski definition) is 1. The summed E-state index contributed by atoms with van der Waals surface area (Å²) in [5.41, 5.74) is -0.228. The van der Waals surface area contributed by atoms with Crippen molar-refractivity contribution in [3.63, 3.8) is 0 Å². The molecule has 2 aliphatic rings. The van der Waals surface area contributed by atoms with Crippen molar-refractivity contribution < 1.29 is 14.6 Å². The molecule has 21 heavy (non-hydrogen) atoms. The predicted molar refractivity (Wildman–Crippen MR) is 82.2 cm³/mol. The van der Waals surface area contributed by atoms with Crippen molar-refractivity contribution >= 4 is 6.09 Å². The van der Waals surface area contributed by atoms with E-state index in [2.05, 4.69) is 4.90 Å². The maximum absolute atomic E-state index is 12.0. The summed E-state index contributed by atoms with van der Waals surface area (Å²) >= 11 is 0. The second-order valence-electron chi connectivity index (χ2n) is 7.57. The van der Waals surface area contributed by atoms with Gasteiger partial charge in [0.05, 0.1) is 0 Å². The molecule has 0 spiro atoms. The highest BCUT2D eigenvalue weighted by Crippen LogP contribution is 2.43. The van der Waals surface area contributed by atoms with Crippen molar-refractivity contribution in [2.45, 2.75) is 52.1 Å². The number of carbonyl (C=O) groups is 1. The third-order valence-corrected chi connectivity index (χ3v) is 4.73. The van der Waals surface area contributed by atoms with E-state index in [1.165, 1.54) is 19.3 Å². The summed E-state index contributed by atoms with van der Waals surface area (Å²) in [4.78, 5) is 16.2. The van der Waals surface area contributed by atoms with E-state index in [0.717, 1.165) is 39.1 Å². The molecule has 5 nitrogen and oxygen atoms in total. The molecule has 2 fully saturated rings. The van der Waals surface area contributed by atoms with Gasteiger partial charge in [-0.25, -0.2) is 4.79 Å². The first kappa shape index (κ1) is 16.6. The Hall–Kier alpha value is -0.810. The van der Waals surface area contributed by atoms with E-state index in [1.54, 1.807) is 4.90 Å². The Bertz CT molecular complexity index is 348. The largest absolute Gasteiger partial charge is 0.444 e. The van der Waals surface area contributed by atoms with Gasteiger partial charge in [0.1, 0.15) is 5.60 Å². The van der Waals surface area contributed by atoms with Gasteiger partial charge in [0, 0.05) is 32.8 Å². The summed E-state index contributed by atoms with van der Waals surface area (Å²) in [6, 6.07) is 0. The van der Waals surface area contributed by atoms with E-state index >= 15 is 0 Å². The van der Waals surface area contributed by atoms with Gasteiger partial charge in [-0.2, -0.15) is 0 Å². The lowest BCUT2D eigenvalue weighted by Crippen LogP contribution is -2.51. The molecular weight excluding hydrogens is 268 g/mol. The molecule has 0 atom stereocenters. The maximum atomic E-state index is 12.0. The number of hydrogen-bond acceptors (Lipinski definition) is 4. The SMILES string of the molecule is CC(C)(C)OC(=O)N1CCN(CCC2(CO)CCC2)CC1. The van der Waals surface area contributed by atoms with Gasteiger partial charge in [-0.1, -0.05) is 6.42 Å². The van der Waals surface area contributed by atoms with E-state index in [1.807, 2.05) is 20.8 Å². The smallest absolute Gasteiger partial charge is 0.410 e. The number of piperazine rings is 1. The van der Waals surface area contributed by atoms with Crippen LogP contribution < -0.4 is 0 Å². The molecule has 0 aromatic heterocycles. The van der Waals surface area contributed by atoms with Gasteiger partial charge in [0.2, 0.25) is 0 Å². The average Bonchev–Trinajstić information content (AvgIpc) is 2.36. The van der Waals surface area contributed by atoms with Gasteiger partial charge >= 0.3 is 6.09 Å². The van der Waals surface area contributed by atoms with Crippen LogP contribution in [-0.4, -0.2) is 65.9 Å². The van der Waals surface area contributed by atoms with E-state index in [9.17, 15) is 9.90 Å². The number of carbonyl (C=O) groups excluding carboxylic acids is 1. The number of amides is 1. The topological polar surface area (TPSA) is 53.0 Å². The van der Waals surface area contributed by atoms with Gasteiger partial charge in [-0.15, -0.1) is 0 Å². The fraction of sp³-hybridized carbons (Fsp3) is 0.938. The Labute approximate surface area is 128 Å². The van der Waals surface area contributed by atoms with Crippen LogP contribution in [-0.2, 0) is 4.74 Å². The third-order valence-electron chi connectivity index (χ3n) is 4.73. The predicted octanol–water partition coefficient (Wildman–Crippen LogP) is 2.09. The van der Waals surface area contributed by atoms with Crippen LogP contribution in [0.2, 0.25) is 0 Å². The van der Waals surface area contributed by atoms with Crippen LogP contribution in [0.3, 0.4) is 0 Å². The molecule has 1 N–H and O–H groups in total. The molecule has 0 radical (unpaired) electrons. The van der Waals surface area contributed by atoms with Gasteiger partial charge in [0.25, 0.3) is 0 Å². The van der Waals surface area contributed by atoms with Crippen LogP contribution in [0, 0.1) is 5.41 Å². The highest BCUT2D eigenvalue weighted by atomic mass is 16.6. The zero-order chi connectivity index (χ0) is 15.5. The lowest BCUT2D eigenvalue weighted by Gasteiger charge is -2.43. The van der Waals surface area contributed by atoms with E-state index in [4.69, 9.17) is 4.74 Å². The Morgan fingerprint density at radius 2 is 1.81 bits per heavy atom. The van der Waals surface area contributed by atoms with Crippen molar-refractivity contribution in [3.05, 3.63) is 0 Å². The van der Waals surface area contributed by atoms with Crippen molar-refractivity contribution in [2.24, 2.45) is 5.41 Å². The average molecular weight is 298 g/mol. The first-order valence-electron chi connectivity index (χ1n) is 8.15. The van der Waals surface area contributed by atoms with Gasteiger partial charge in [0.15, 0.2) is 0 Å². The zero-order valence-electron chi connectivity index (χ0n) is 13.7. The minimum absolute atomic E-state index is 0.197. The molecule has 1 amide bonds. The Balaban J connectivity index is 1.69. The summed E-state index contributed by atoms with van der Waals surface area (Å²) in [5.74, 6) is 0. The molecule has 2 rings (SSSR count). The first-order valence-corrected chi connectivity index (χ1v) is 8.15. The molecule has 1 saturated heterocycles. The minimum atomic E-state index is -0.425. The minimum Gasteiger partial charge on any atom is -0.444 e. The van der Waals surface area contributed by atoms with Crippen molar-refractivity contribution in [1.29, 1.82) is 0 Å². The van der Waals surface area contributed by atoms with Crippen molar-refractivity contribution in [3.8, 4) is 0 Å². The first-order chi connectivity index (χ1) is 9.84. The highest BCUT2D eigenvalue weighted by molar-refractivity contribution is 5.68. The monoisotopic (exact) mass is 298 g/mol. The summed E-state index contributed by atoms with van der Waals surface area (Å²) in [5, 5.41) is 9.50. The molecule has 1 saturated carbocycles. The lowest BCUT2D eigenvalue weighted by atomic mass is 9.67.